The maximum Gasteiger partial charge on any atom is 0.123 e. The maximum absolute atomic E-state index is 13.4. The van der Waals surface area contributed by atoms with Crippen LogP contribution in [0.3, 0.4) is 0 Å². The molecule has 1 atom stereocenters. The number of piperazine rings is 1. The zero-order valence-corrected chi connectivity index (χ0v) is 13.2. The van der Waals surface area contributed by atoms with Crippen LogP contribution in [0.15, 0.2) is 18.2 Å². The van der Waals surface area contributed by atoms with Crippen LogP contribution in [0.1, 0.15) is 18.6 Å². The van der Waals surface area contributed by atoms with E-state index in [0.717, 1.165) is 45.0 Å². The van der Waals surface area contributed by atoms with Gasteiger partial charge in [0.2, 0.25) is 0 Å². The number of rotatable bonds is 5. The monoisotopic (exact) mass is 295 g/mol. The van der Waals surface area contributed by atoms with E-state index in [1.54, 1.807) is 13.0 Å². The Labute approximate surface area is 126 Å². The average Bonchev–Trinajstić information content (AvgIpc) is 2.45. The van der Waals surface area contributed by atoms with Crippen molar-refractivity contribution in [2.24, 2.45) is 0 Å². The summed E-state index contributed by atoms with van der Waals surface area (Å²) in [7, 11) is 4.17. The minimum Gasteiger partial charge on any atom is -0.389 e. The number of likely N-dealkylation sites (N-methyl/N-ethyl adjacent to an activating group) is 1. The molecule has 0 spiro atoms. The molecule has 0 aromatic heterocycles. The summed E-state index contributed by atoms with van der Waals surface area (Å²) in [6.45, 7) is 7.67. The Morgan fingerprint density at radius 2 is 1.90 bits per heavy atom. The molecule has 2 rings (SSSR count). The van der Waals surface area contributed by atoms with Gasteiger partial charge in [-0.2, -0.15) is 0 Å². The first-order chi connectivity index (χ1) is 9.97. The smallest absolute Gasteiger partial charge is 0.123 e. The number of hydrogen-bond donors (Lipinski definition) is 1. The number of halogens is 1. The minimum absolute atomic E-state index is 0.292. The zero-order valence-electron chi connectivity index (χ0n) is 13.2. The summed E-state index contributed by atoms with van der Waals surface area (Å²) in [5.74, 6) is -0.292. The Kier molecular flexibility index (Phi) is 5.56. The van der Waals surface area contributed by atoms with Crippen LogP contribution < -0.4 is 4.90 Å². The van der Waals surface area contributed by atoms with E-state index in [9.17, 15) is 9.50 Å². The fourth-order valence-electron chi connectivity index (χ4n) is 2.70. The van der Waals surface area contributed by atoms with Crippen molar-refractivity contribution in [3.05, 3.63) is 29.6 Å². The predicted octanol–water partition coefficient (Wildman–Crippen LogP) is 1.56. The van der Waals surface area contributed by atoms with E-state index in [0.29, 0.717) is 5.56 Å². The highest BCUT2D eigenvalue weighted by Gasteiger charge is 2.20. The Hall–Kier alpha value is -1.17. The van der Waals surface area contributed by atoms with Crippen molar-refractivity contribution in [2.45, 2.75) is 13.0 Å². The molecule has 0 amide bonds. The maximum atomic E-state index is 13.4. The number of anilines is 1. The third-order valence-corrected chi connectivity index (χ3v) is 4.02. The molecular weight excluding hydrogens is 269 g/mol. The van der Waals surface area contributed by atoms with Crippen LogP contribution in [0.25, 0.3) is 0 Å². The van der Waals surface area contributed by atoms with Crippen LogP contribution in [-0.2, 0) is 0 Å². The normalized spacial score (nSPS) is 18.3. The van der Waals surface area contributed by atoms with Crippen molar-refractivity contribution in [1.82, 2.24) is 9.80 Å². The van der Waals surface area contributed by atoms with Gasteiger partial charge in [0, 0.05) is 50.5 Å². The molecule has 1 aromatic carbocycles. The van der Waals surface area contributed by atoms with Crippen molar-refractivity contribution in [3.63, 3.8) is 0 Å². The highest BCUT2D eigenvalue weighted by atomic mass is 19.1. The summed E-state index contributed by atoms with van der Waals surface area (Å²) in [6, 6.07) is 4.70. The van der Waals surface area contributed by atoms with Crippen LogP contribution in [0, 0.1) is 5.82 Å². The molecule has 5 heteroatoms. The van der Waals surface area contributed by atoms with E-state index in [1.165, 1.54) is 12.1 Å². The van der Waals surface area contributed by atoms with Crippen molar-refractivity contribution in [3.8, 4) is 0 Å². The molecule has 1 unspecified atom stereocenters. The topological polar surface area (TPSA) is 30.0 Å². The molecule has 4 nitrogen and oxygen atoms in total. The second-order valence-corrected chi connectivity index (χ2v) is 6.01. The Balaban J connectivity index is 1.99. The molecule has 118 valence electrons. The molecule has 1 saturated heterocycles. The molecule has 0 bridgehead atoms. The van der Waals surface area contributed by atoms with E-state index in [1.807, 2.05) is 0 Å². The number of benzene rings is 1. The van der Waals surface area contributed by atoms with Gasteiger partial charge in [-0.3, -0.25) is 4.90 Å². The first-order valence-corrected chi connectivity index (χ1v) is 7.57. The van der Waals surface area contributed by atoms with Crippen LogP contribution in [0.2, 0.25) is 0 Å². The van der Waals surface area contributed by atoms with Gasteiger partial charge in [0.1, 0.15) is 5.82 Å². The summed E-state index contributed by atoms with van der Waals surface area (Å²) < 4.78 is 13.4. The van der Waals surface area contributed by atoms with Crippen LogP contribution in [0.4, 0.5) is 10.1 Å². The molecule has 0 radical (unpaired) electrons. The first kappa shape index (κ1) is 16.2. The predicted molar refractivity (Wildman–Crippen MR) is 84.2 cm³/mol. The van der Waals surface area contributed by atoms with Gasteiger partial charge < -0.3 is 14.9 Å². The fraction of sp³-hybridized carbons (Fsp3) is 0.625. The van der Waals surface area contributed by atoms with E-state index >= 15 is 0 Å². The van der Waals surface area contributed by atoms with Crippen LogP contribution >= 0.6 is 0 Å². The van der Waals surface area contributed by atoms with Gasteiger partial charge in [-0.1, -0.05) is 0 Å². The van der Waals surface area contributed by atoms with Gasteiger partial charge >= 0.3 is 0 Å². The highest BCUT2D eigenvalue weighted by molar-refractivity contribution is 5.55. The lowest BCUT2D eigenvalue weighted by Crippen LogP contribution is -2.48. The van der Waals surface area contributed by atoms with E-state index in [-0.39, 0.29) is 5.82 Å². The quantitative estimate of drug-likeness (QED) is 0.893. The molecule has 1 aromatic rings. The Morgan fingerprint density at radius 3 is 2.48 bits per heavy atom. The second-order valence-electron chi connectivity index (χ2n) is 6.01. The SMILES string of the molecule is CC(O)c1cc(F)ccc1N1CCN(CCN(C)C)CC1. The van der Waals surface area contributed by atoms with Gasteiger partial charge in [-0.15, -0.1) is 0 Å². The Bertz CT molecular complexity index is 457. The second kappa shape index (κ2) is 7.20. The van der Waals surface area contributed by atoms with E-state index in [4.69, 9.17) is 0 Å². The lowest BCUT2D eigenvalue weighted by atomic mass is 10.1. The molecule has 1 heterocycles. The Morgan fingerprint density at radius 1 is 1.24 bits per heavy atom. The van der Waals surface area contributed by atoms with Crippen molar-refractivity contribution < 1.29 is 9.50 Å². The standard InChI is InChI=1S/C16H26FN3O/c1-13(21)15-12-14(17)4-5-16(15)20-10-8-19(9-11-20)7-6-18(2)3/h4-5,12-13,21H,6-11H2,1-3H3. The minimum atomic E-state index is -0.650. The zero-order chi connectivity index (χ0) is 15.4. The number of nitrogens with zero attached hydrogens (tertiary/aromatic N) is 3. The van der Waals surface area contributed by atoms with Gasteiger partial charge in [0.25, 0.3) is 0 Å². The summed E-state index contributed by atoms with van der Waals surface area (Å²) in [4.78, 5) is 6.88. The molecular formula is C16H26FN3O. The number of aliphatic hydroxyl groups excluding tert-OH is 1. The summed E-state index contributed by atoms with van der Waals surface area (Å²) in [5, 5.41) is 9.85. The third-order valence-electron chi connectivity index (χ3n) is 4.02. The largest absolute Gasteiger partial charge is 0.389 e. The van der Waals surface area contributed by atoms with Crippen molar-refractivity contribution in [1.29, 1.82) is 0 Å². The van der Waals surface area contributed by atoms with E-state index < -0.39 is 6.10 Å². The molecule has 1 N–H and O–H groups in total. The van der Waals surface area contributed by atoms with Gasteiger partial charge in [-0.05, 0) is 39.2 Å². The van der Waals surface area contributed by atoms with Crippen molar-refractivity contribution >= 4 is 5.69 Å². The van der Waals surface area contributed by atoms with Gasteiger partial charge in [-0.25, -0.2) is 4.39 Å². The van der Waals surface area contributed by atoms with Gasteiger partial charge in [0.15, 0.2) is 0 Å². The fourth-order valence-corrected chi connectivity index (χ4v) is 2.70. The third kappa shape index (κ3) is 4.40. The molecule has 0 aliphatic carbocycles. The molecule has 1 aliphatic heterocycles. The summed E-state index contributed by atoms with van der Waals surface area (Å²) >= 11 is 0. The van der Waals surface area contributed by atoms with Crippen LogP contribution in [0.5, 0.6) is 0 Å². The average molecular weight is 295 g/mol. The number of aliphatic hydroxyl groups is 1. The lowest BCUT2D eigenvalue weighted by Gasteiger charge is -2.37. The molecule has 0 saturated carbocycles. The molecule has 21 heavy (non-hydrogen) atoms. The lowest BCUT2D eigenvalue weighted by molar-refractivity contribution is 0.198. The number of hydrogen-bond acceptors (Lipinski definition) is 4. The first-order valence-electron chi connectivity index (χ1n) is 7.57. The molecule has 1 aliphatic rings. The van der Waals surface area contributed by atoms with Crippen LogP contribution in [-0.4, -0.2) is 68.3 Å². The summed E-state index contributed by atoms with van der Waals surface area (Å²) in [6.07, 6.45) is -0.650. The molecule has 1 fully saturated rings. The van der Waals surface area contributed by atoms with Gasteiger partial charge in [0.05, 0.1) is 6.10 Å². The van der Waals surface area contributed by atoms with E-state index in [2.05, 4.69) is 28.8 Å². The summed E-state index contributed by atoms with van der Waals surface area (Å²) in [5.41, 5.74) is 1.63. The highest BCUT2D eigenvalue weighted by Crippen LogP contribution is 2.28. The van der Waals surface area contributed by atoms with Crippen molar-refractivity contribution in [2.75, 3.05) is 58.3 Å².